The predicted octanol–water partition coefficient (Wildman–Crippen LogP) is 0.571. The molecule has 1 unspecified atom stereocenters. The Morgan fingerprint density at radius 3 is 2.94 bits per heavy atom. The number of rotatable bonds is 3. The number of carbonyl (C=O) groups excluding carboxylic acids is 1. The Bertz CT molecular complexity index is 438. The summed E-state index contributed by atoms with van der Waals surface area (Å²) in [6.45, 7) is 5.65. The third kappa shape index (κ3) is 2.55. The summed E-state index contributed by atoms with van der Waals surface area (Å²) in [5.41, 5.74) is 8.29. The lowest BCUT2D eigenvalue weighted by Gasteiger charge is -2.17. The van der Waals surface area contributed by atoms with E-state index < -0.39 is 5.91 Å². The molecule has 1 saturated heterocycles. The van der Waals surface area contributed by atoms with Gasteiger partial charge >= 0.3 is 0 Å². The molecule has 5 heteroatoms. The van der Waals surface area contributed by atoms with Crippen molar-refractivity contribution in [2.75, 3.05) is 18.4 Å². The van der Waals surface area contributed by atoms with E-state index in [0.29, 0.717) is 17.3 Å². The lowest BCUT2D eigenvalue weighted by Crippen LogP contribution is -2.25. The molecule has 0 saturated carbocycles. The zero-order valence-electron chi connectivity index (χ0n) is 10.2. The Morgan fingerprint density at radius 2 is 2.35 bits per heavy atom. The van der Waals surface area contributed by atoms with Crippen molar-refractivity contribution in [1.29, 1.82) is 0 Å². The molecule has 2 heterocycles. The Kier molecular flexibility index (Phi) is 3.28. The minimum Gasteiger partial charge on any atom is -0.380 e. The van der Waals surface area contributed by atoms with Gasteiger partial charge in [0.2, 0.25) is 0 Å². The predicted molar refractivity (Wildman–Crippen MR) is 67.1 cm³/mol. The topological polar surface area (TPSA) is 80.0 Å². The second kappa shape index (κ2) is 4.71. The molecule has 1 aromatic rings. The fourth-order valence-corrected chi connectivity index (χ4v) is 2.25. The van der Waals surface area contributed by atoms with Gasteiger partial charge in [0, 0.05) is 18.3 Å². The lowest BCUT2D eigenvalue weighted by molar-refractivity contribution is 0.1000. The van der Waals surface area contributed by atoms with Crippen LogP contribution in [0.25, 0.3) is 0 Å². The third-order valence-corrected chi connectivity index (χ3v) is 2.99. The number of carbonyl (C=O) groups is 1. The molecule has 0 spiro atoms. The summed E-state index contributed by atoms with van der Waals surface area (Å²) in [6.07, 6.45) is 1.05. The van der Waals surface area contributed by atoms with Crippen LogP contribution in [0.1, 0.15) is 28.2 Å². The largest absolute Gasteiger partial charge is 0.380 e. The number of aromatic nitrogens is 1. The van der Waals surface area contributed by atoms with Crippen LogP contribution in [0.3, 0.4) is 0 Å². The van der Waals surface area contributed by atoms with E-state index in [2.05, 4.69) is 15.6 Å². The molecule has 17 heavy (non-hydrogen) atoms. The molecule has 2 rings (SSSR count). The maximum atomic E-state index is 11.5. The number of nitrogens with two attached hydrogens (primary N) is 1. The van der Waals surface area contributed by atoms with Gasteiger partial charge in [-0.05, 0) is 32.9 Å². The normalized spacial score (nSPS) is 19.3. The first-order chi connectivity index (χ1) is 8.08. The standard InChI is InChI=1S/C12H18N4O/c1-7-5-10(16-9-3-4-14-6-9)11(12(13)17)8(2)15-7/h5,9,14H,3-4,6H2,1-2H3,(H2,13,17)(H,15,16). The third-order valence-electron chi connectivity index (χ3n) is 2.99. The first kappa shape index (κ1) is 11.9. The summed E-state index contributed by atoms with van der Waals surface area (Å²) < 4.78 is 0. The van der Waals surface area contributed by atoms with E-state index in [0.717, 1.165) is 30.9 Å². The van der Waals surface area contributed by atoms with E-state index >= 15 is 0 Å². The number of amides is 1. The van der Waals surface area contributed by atoms with Gasteiger partial charge in [-0.3, -0.25) is 9.78 Å². The molecule has 4 N–H and O–H groups in total. The molecule has 1 aliphatic heterocycles. The second-order valence-electron chi connectivity index (χ2n) is 4.47. The highest BCUT2D eigenvalue weighted by atomic mass is 16.1. The van der Waals surface area contributed by atoms with Gasteiger partial charge in [0.15, 0.2) is 0 Å². The molecule has 1 aromatic heterocycles. The van der Waals surface area contributed by atoms with Crippen molar-refractivity contribution in [1.82, 2.24) is 10.3 Å². The van der Waals surface area contributed by atoms with Gasteiger partial charge in [0.05, 0.1) is 16.9 Å². The Balaban J connectivity index is 2.32. The highest BCUT2D eigenvalue weighted by Gasteiger charge is 2.19. The summed E-state index contributed by atoms with van der Waals surface area (Å²) in [5, 5.41) is 6.65. The molecule has 1 fully saturated rings. The van der Waals surface area contributed by atoms with Crippen molar-refractivity contribution in [2.45, 2.75) is 26.3 Å². The number of pyridine rings is 1. The van der Waals surface area contributed by atoms with Crippen LogP contribution in [0.4, 0.5) is 5.69 Å². The van der Waals surface area contributed by atoms with Gasteiger partial charge in [-0.2, -0.15) is 0 Å². The zero-order valence-corrected chi connectivity index (χ0v) is 10.2. The SMILES string of the molecule is Cc1cc(NC2CCNC2)c(C(N)=O)c(C)n1. The van der Waals surface area contributed by atoms with Gasteiger partial charge in [0.25, 0.3) is 5.91 Å². The van der Waals surface area contributed by atoms with E-state index in [9.17, 15) is 4.79 Å². The Hall–Kier alpha value is -1.62. The maximum absolute atomic E-state index is 11.5. The summed E-state index contributed by atoms with van der Waals surface area (Å²) in [6, 6.07) is 2.24. The quantitative estimate of drug-likeness (QED) is 0.714. The van der Waals surface area contributed by atoms with Crippen molar-refractivity contribution < 1.29 is 4.79 Å². The number of nitrogens with one attached hydrogen (secondary N) is 2. The molecular formula is C12H18N4O. The van der Waals surface area contributed by atoms with E-state index in [1.165, 1.54) is 0 Å². The van der Waals surface area contributed by atoms with Crippen LogP contribution in [0, 0.1) is 13.8 Å². The highest BCUT2D eigenvalue weighted by molar-refractivity contribution is 5.99. The number of aryl methyl sites for hydroxylation is 2. The van der Waals surface area contributed by atoms with Gasteiger partial charge in [-0.15, -0.1) is 0 Å². The van der Waals surface area contributed by atoms with E-state index in [4.69, 9.17) is 5.73 Å². The zero-order chi connectivity index (χ0) is 12.4. The number of hydrogen-bond donors (Lipinski definition) is 3. The summed E-state index contributed by atoms with van der Waals surface area (Å²) in [5.74, 6) is -0.427. The molecule has 0 aliphatic carbocycles. The van der Waals surface area contributed by atoms with Gasteiger partial charge < -0.3 is 16.4 Å². The van der Waals surface area contributed by atoms with E-state index in [-0.39, 0.29) is 0 Å². The summed E-state index contributed by atoms with van der Waals surface area (Å²) in [7, 11) is 0. The molecule has 5 nitrogen and oxygen atoms in total. The van der Waals surface area contributed by atoms with Crippen LogP contribution in [0.5, 0.6) is 0 Å². The Morgan fingerprint density at radius 1 is 1.59 bits per heavy atom. The van der Waals surface area contributed by atoms with Gasteiger partial charge in [-0.25, -0.2) is 0 Å². The van der Waals surface area contributed by atoms with Gasteiger partial charge in [-0.1, -0.05) is 0 Å². The first-order valence-electron chi connectivity index (χ1n) is 5.83. The van der Waals surface area contributed by atoms with Crippen molar-refractivity contribution in [2.24, 2.45) is 5.73 Å². The first-order valence-corrected chi connectivity index (χ1v) is 5.83. The smallest absolute Gasteiger partial charge is 0.252 e. The van der Waals surface area contributed by atoms with E-state index in [1.54, 1.807) is 0 Å². The average Bonchev–Trinajstić information content (AvgIpc) is 2.68. The van der Waals surface area contributed by atoms with Crippen molar-refractivity contribution >= 4 is 11.6 Å². The lowest BCUT2D eigenvalue weighted by atomic mass is 10.1. The van der Waals surface area contributed by atoms with Crippen LogP contribution in [0.2, 0.25) is 0 Å². The molecule has 0 aromatic carbocycles. The number of nitrogens with zero attached hydrogens (tertiary/aromatic N) is 1. The summed E-state index contributed by atoms with van der Waals surface area (Å²) >= 11 is 0. The monoisotopic (exact) mass is 234 g/mol. The minimum absolute atomic E-state index is 0.356. The second-order valence-corrected chi connectivity index (χ2v) is 4.47. The molecule has 0 radical (unpaired) electrons. The van der Waals surface area contributed by atoms with Crippen LogP contribution >= 0.6 is 0 Å². The van der Waals surface area contributed by atoms with Crippen molar-refractivity contribution in [3.05, 3.63) is 23.0 Å². The maximum Gasteiger partial charge on any atom is 0.252 e. The molecule has 1 atom stereocenters. The van der Waals surface area contributed by atoms with Crippen molar-refractivity contribution in [3.63, 3.8) is 0 Å². The summed E-state index contributed by atoms with van der Waals surface area (Å²) in [4.78, 5) is 15.7. The molecular weight excluding hydrogens is 216 g/mol. The molecule has 1 amide bonds. The molecule has 1 aliphatic rings. The van der Waals surface area contributed by atoms with Gasteiger partial charge in [0.1, 0.15) is 0 Å². The van der Waals surface area contributed by atoms with Crippen LogP contribution in [0.15, 0.2) is 6.07 Å². The molecule has 0 bridgehead atoms. The van der Waals surface area contributed by atoms with Crippen LogP contribution in [-0.2, 0) is 0 Å². The van der Waals surface area contributed by atoms with Crippen LogP contribution < -0.4 is 16.4 Å². The fourth-order valence-electron chi connectivity index (χ4n) is 2.25. The fraction of sp³-hybridized carbons (Fsp3) is 0.500. The number of hydrogen-bond acceptors (Lipinski definition) is 4. The number of primary amides is 1. The minimum atomic E-state index is -0.427. The average molecular weight is 234 g/mol. The van der Waals surface area contributed by atoms with E-state index in [1.807, 2.05) is 19.9 Å². The van der Waals surface area contributed by atoms with Crippen molar-refractivity contribution in [3.8, 4) is 0 Å². The van der Waals surface area contributed by atoms with Crippen LogP contribution in [-0.4, -0.2) is 30.0 Å². The number of anilines is 1. The molecule has 92 valence electrons. The highest BCUT2D eigenvalue weighted by Crippen LogP contribution is 2.21. The Labute approximate surface area is 101 Å².